The Bertz CT molecular complexity index is 1040. The number of rotatable bonds is 5. The van der Waals surface area contributed by atoms with Crippen LogP contribution in [0.2, 0.25) is 0 Å². The zero-order valence-corrected chi connectivity index (χ0v) is 17.8. The first kappa shape index (κ1) is 19.2. The molecule has 138 valence electrons. The Hall–Kier alpha value is -2.53. The van der Waals surface area contributed by atoms with Gasteiger partial charge < -0.3 is 14.5 Å². The Kier molecular flexibility index (Phi) is 5.71. The van der Waals surface area contributed by atoms with Gasteiger partial charge in [-0.25, -0.2) is 4.98 Å². The summed E-state index contributed by atoms with van der Waals surface area (Å²) < 4.78 is 12.0. The number of aromatic nitrogens is 2. The van der Waals surface area contributed by atoms with Gasteiger partial charge in [-0.3, -0.25) is 0 Å². The second-order valence-corrected chi connectivity index (χ2v) is 7.34. The lowest BCUT2D eigenvalue weighted by Crippen LogP contribution is -1.98. The van der Waals surface area contributed by atoms with E-state index in [1.165, 1.54) is 11.1 Å². The molecule has 0 spiro atoms. The van der Waals surface area contributed by atoms with Crippen molar-refractivity contribution in [3.8, 4) is 17.6 Å². The smallest absolute Gasteiger partial charge is 0.174 e. The summed E-state index contributed by atoms with van der Waals surface area (Å²) in [5.74, 6) is 1.91. The van der Waals surface area contributed by atoms with Crippen LogP contribution in [0.15, 0.2) is 24.3 Å². The molecule has 1 N–H and O–H groups in total. The number of allylic oxidation sites excluding steroid dienone is 1. The molecule has 0 unspecified atom stereocenters. The number of nitriles is 1. The van der Waals surface area contributed by atoms with E-state index in [2.05, 4.69) is 58.5 Å². The number of ether oxygens (including phenoxy) is 2. The first-order valence-corrected chi connectivity index (χ1v) is 9.64. The molecular formula is C21H20IN3O2. The molecule has 0 aliphatic heterocycles. The van der Waals surface area contributed by atoms with E-state index in [0.717, 1.165) is 20.2 Å². The SMILES string of the molecule is CCOc1c(I)cc(/C=C(\C#N)c2nc3cc(C)c(C)cc3[nH]2)cc1OC. The van der Waals surface area contributed by atoms with Crippen LogP contribution in [0.3, 0.4) is 0 Å². The van der Waals surface area contributed by atoms with Gasteiger partial charge in [0.05, 0.1) is 33.9 Å². The number of halogens is 1. The first-order chi connectivity index (χ1) is 13.0. The van der Waals surface area contributed by atoms with E-state index < -0.39 is 0 Å². The van der Waals surface area contributed by atoms with Crippen molar-refractivity contribution in [2.24, 2.45) is 0 Å². The number of methoxy groups -OCH3 is 1. The second-order valence-electron chi connectivity index (χ2n) is 6.18. The average Bonchev–Trinajstić information content (AvgIpc) is 3.04. The zero-order valence-electron chi connectivity index (χ0n) is 15.7. The molecule has 5 nitrogen and oxygen atoms in total. The van der Waals surface area contributed by atoms with Crippen molar-refractivity contribution in [1.29, 1.82) is 5.26 Å². The summed E-state index contributed by atoms with van der Waals surface area (Å²) in [4.78, 5) is 7.84. The molecule has 0 aliphatic rings. The fourth-order valence-corrected chi connectivity index (χ4v) is 3.61. The van der Waals surface area contributed by atoms with E-state index in [9.17, 15) is 5.26 Å². The minimum atomic E-state index is 0.462. The van der Waals surface area contributed by atoms with Gasteiger partial charge in [0.25, 0.3) is 0 Å². The van der Waals surface area contributed by atoms with Crippen molar-refractivity contribution < 1.29 is 9.47 Å². The van der Waals surface area contributed by atoms with Crippen LogP contribution in [0.1, 0.15) is 29.4 Å². The fourth-order valence-electron chi connectivity index (χ4n) is 2.82. The highest BCUT2D eigenvalue weighted by Gasteiger charge is 2.13. The van der Waals surface area contributed by atoms with Crippen LogP contribution in [0.4, 0.5) is 0 Å². The second kappa shape index (κ2) is 8.01. The number of fused-ring (bicyclic) bond motifs is 1. The summed E-state index contributed by atoms with van der Waals surface area (Å²) in [6.07, 6.45) is 1.80. The number of nitrogens with one attached hydrogen (secondary N) is 1. The molecule has 0 amide bonds. The van der Waals surface area contributed by atoms with Crippen molar-refractivity contribution in [1.82, 2.24) is 9.97 Å². The Labute approximate surface area is 172 Å². The van der Waals surface area contributed by atoms with E-state index in [-0.39, 0.29) is 0 Å². The van der Waals surface area contributed by atoms with Gasteiger partial charge >= 0.3 is 0 Å². The highest BCUT2D eigenvalue weighted by molar-refractivity contribution is 14.1. The topological polar surface area (TPSA) is 70.9 Å². The van der Waals surface area contributed by atoms with Crippen molar-refractivity contribution in [2.75, 3.05) is 13.7 Å². The van der Waals surface area contributed by atoms with E-state index in [4.69, 9.17) is 9.47 Å². The molecule has 2 aromatic carbocycles. The Morgan fingerprint density at radius 3 is 2.67 bits per heavy atom. The summed E-state index contributed by atoms with van der Waals surface area (Å²) in [7, 11) is 1.61. The number of aryl methyl sites for hydroxylation is 2. The van der Waals surface area contributed by atoms with Crippen molar-refractivity contribution >= 4 is 45.3 Å². The van der Waals surface area contributed by atoms with Gasteiger partial charge in [0, 0.05) is 0 Å². The summed E-state index contributed by atoms with van der Waals surface area (Å²) >= 11 is 2.21. The quantitative estimate of drug-likeness (QED) is 0.406. The molecule has 1 aromatic heterocycles. The summed E-state index contributed by atoms with van der Waals surface area (Å²) in [5, 5.41) is 9.67. The third-order valence-corrected chi connectivity index (χ3v) is 5.13. The first-order valence-electron chi connectivity index (χ1n) is 8.56. The van der Waals surface area contributed by atoms with Crippen LogP contribution in [-0.4, -0.2) is 23.7 Å². The molecule has 0 aliphatic carbocycles. The number of H-pyrrole nitrogens is 1. The van der Waals surface area contributed by atoms with Gasteiger partial charge in [0.1, 0.15) is 11.9 Å². The number of imidazole rings is 1. The molecule has 27 heavy (non-hydrogen) atoms. The maximum Gasteiger partial charge on any atom is 0.174 e. The molecule has 0 bridgehead atoms. The van der Waals surface area contributed by atoms with Crippen molar-refractivity contribution in [3.05, 3.63) is 50.4 Å². The summed E-state index contributed by atoms with van der Waals surface area (Å²) in [6.45, 7) is 6.60. The molecule has 3 aromatic rings. The van der Waals surface area contributed by atoms with Gasteiger partial charge in [-0.1, -0.05) is 0 Å². The Morgan fingerprint density at radius 1 is 1.26 bits per heavy atom. The number of benzene rings is 2. The maximum absolute atomic E-state index is 9.67. The van der Waals surface area contributed by atoms with Crippen molar-refractivity contribution in [3.63, 3.8) is 0 Å². The standard InChI is InChI=1S/C21H20IN3O2/c1-5-27-20-16(22)9-14(10-19(20)26-4)8-15(11-23)21-24-17-6-12(2)13(3)7-18(17)25-21/h6-10H,5H2,1-4H3,(H,24,25)/b15-8+. The van der Waals surface area contributed by atoms with E-state index in [1.54, 1.807) is 13.2 Å². The minimum Gasteiger partial charge on any atom is -0.493 e. The molecular weight excluding hydrogens is 453 g/mol. The highest BCUT2D eigenvalue weighted by atomic mass is 127. The number of nitrogens with zero attached hydrogens (tertiary/aromatic N) is 2. The molecule has 0 saturated heterocycles. The molecule has 0 atom stereocenters. The summed E-state index contributed by atoms with van der Waals surface area (Å²) in [5.41, 5.74) is 5.45. The number of hydrogen-bond acceptors (Lipinski definition) is 4. The lowest BCUT2D eigenvalue weighted by molar-refractivity contribution is 0.308. The van der Waals surface area contributed by atoms with Crippen LogP contribution >= 0.6 is 22.6 Å². The van der Waals surface area contributed by atoms with E-state index in [0.29, 0.717) is 29.5 Å². The van der Waals surface area contributed by atoms with Gasteiger partial charge in [-0.05, 0) is 90.4 Å². The van der Waals surface area contributed by atoms with Crippen LogP contribution in [-0.2, 0) is 0 Å². The van der Waals surface area contributed by atoms with E-state index >= 15 is 0 Å². The predicted octanol–water partition coefficient (Wildman–Crippen LogP) is 5.26. The predicted molar refractivity (Wildman–Crippen MR) is 116 cm³/mol. The lowest BCUT2D eigenvalue weighted by Gasteiger charge is -2.12. The highest BCUT2D eigenvalue weighted by Crippen LogP contribution is 2.35. The van der Waals surface area contributed by atoms with Crippen LogP contribution < -0.4 is 9.47 Å². The Balaban J connectivity index is 2.07. The molecule has 6 heteroatoms. The van der Waals surface area contributed by atoms with Crippen LogP contribution in [0.25, 0.3) is 22.7 Å². The van der Waals surface area contributed by atoms with Gasteiger partial charge in [0.15, 0.2) is 11.5 Å². The normalized spacial score (nSPS) is 11.5. The fraction of sp³-hybridized carbons (Fsp3) is 0.238. The van der Waals surface area contributed by atoms with Gasteiger partial charge in [-0.15, -0.1) is 0 Å². The summed E-state index contributed by atoms with van der Waals surface area (Å²) in [6, 6.07) is 10.2. The van der Waals surface area contributed by atoms with E-state index in [1.807, 2.05) is 25.1 Å². The minimum absolute atomic E-state index is 0.462. The molecule has 1 heterocycles. The van der Waals surface area contributed by atoms with Gasteiger partial charge in [-0.2, -0.15) is 5.26 Å². The molecule has 0 saturated carbocycles. The average molecular weight is 473 g/mol. The third-order valence-electron chi connectivity index (χ3n) is 4.32. The number of aromatic amines is 1. The van der Waals surface area contributed by atoms with Crippen LogP contribution in [0, 0.1) is 28.7 Å². The lowest BCUT2D eigenvalue weighted by atomic mass is 10.1. The third kappa shape index (κ3) is 3.93. The number of hydrogen-bond donors (Lipinski definition) is 1. The monoisotopic (exact) mass is 473 g/mol. The van der Waals surface area contributed by atoms with Gasteiger partial charge in [0.2, 0.25) is 0 Å². The Morgan fingerprint density at radius 2 is 2.00 bits per heavy atom. The van der Waals surface area contributed by atoms with Crippen LogP contribution in [0.5, 0.6) is 11.5 Å². The zero-order chi connectivity index (χ0) is 19.6. The molecule has 0 fully saturated rings. The maximum atomic E-state index is 9.67. The van der Waals surface area contributed by atoms with Crippen molar-refractivity contribution in [2.45, 2.75) is 20.8 Å². The molecule has 0 radical (unpaired) electrons. The molecule has 3 rings (SSSR count). The largest absolute Gasteiger partial charge is 0.493 e.